The normalized spacial score (nSPS) is 14.6. The standard InChI is InChI=1S/C24H20N6O3S/c31-24(18-6-7-21-19(14-18)26-28-34-21)30-10-8-29(9-11-30)15-16-3-1-4-17(13-16)22-25-23(33-27-22)20-5-2-12-32-20/h1-7,12-14H,8-11,15H2. The molecule has 0 unspecified atom stereocenters. The van der Waals surface area contributed by atoms with Gasteiger partial charge in [0.05, 0.1) is 11.0 Å². The number of rotatable bonds is 5. The first-order valence-corrected chi connectivity index (χ1v) is 11.7. The number of amides is 1. The summed E-state index contributed by atoms with van der Waals surface area (Å²) in [5, 5.41) is 8.17. The average Bonchev–Trinajstić information content (AvgIpc) is 3.65. The van der Waals surface area contributed by atoms with Gasteiger partial charge in [-0.05, 0) is 53.5 Å². The molecule has 0 N–H and O–H groups in total. The molecular formula is C24H20N6O3S. The third kappa shape index (κ3) is 4.09. The van der Waals surface area contributed by atoms with E-state index in [-0.39, 0.29) is 5.91 Å². The summed E-state index contributed by atoms with van der Waals surface area (Å²) in [6.45, 7) is 3.77. The molecule has 0 saturated carbocycles. The Balaban J connectivity index is 1.09. The topological polar surface area (TPSA) is 101 Å². The van der Waals surface area contributed by atoms with Gasteiger partial charge >= 0.3 is 0 Å². The van der Waals surface area contributed by atoms with Crippen LogP contribution in [0.2, 0.25) is 0 Å². The Labute approximate surface area is 198 Å². The van der Waals surface area contributed by atoms with Gasteiger partial charge < -0.3 is 13.8 Å². The fourth-order valence-electron chi connectivity index (χ4n) is 4.11. The van der Waals surface area contributed by atoms with Gasteiger partial charge in [0.2, 0.25) is 5.82 Å². The molecule has 1 saturated heterocycles. The molecule has 0 aliphatic carbocycles. The van der Waals surface area contributed by atoms with Crippen molar-refractivity contribution >= 4 is 27.7 Å². The van der Waals surface area contributed by atoms with Crippen molar-refractivity contribution in [3.63, 3.8) is 0 Å². The molecule has 9 nitrogen and oxygen atoms in total. The fraction of sp³-hybridized carbons (Fsp3) is 0.208. The number of aromatic nitrogens is 4. The third-order valence-corrected chi connectivity index (χ3v) is 6.61. The molecule has 10 heteroatoms. The molecule has 5 aromatic rings. The van der Waals surface area contributed by atoms with Crippen LogP contribution in [0.15, 0.2) is 69.8 Å². The summed E-state index contributed by atoms with van der Waals surface area (Å²) in [4.78, 5) is 21.7. The number of benzene rings is 2. The monoisotopic (exact) mass is 472 g/mol. The van der Waals surface area contributed by atoms with E-state index >= 15 is 0 Å². The van der Waals surface area contributed by atoms with Crippen molar-refractivity contribution in [3.05, 3.63) is 72.0 Å². The van der Waals surface area contributed by atoms with Crippen molar-refractivity contribution in [2.24, 2.45) is 0 Å². The summed E-state index contributed by atoms with van der Waals surface area (Å²) < 4.78 is 15.6. The highest BCUT2D eigenvalue weighted by Crippen LogP contribution is 2.24. The Hall–Kier alpha value is -3.89. The summed E-state index contributed by atoms with van der Waals surface area (Å²) in [6.07, 6.45) is 1.57. The van der Waals surface area contributed by atoms with Crippen LogP contribution in [-0.2, 0) is 6.54 Å². The summed E-state index contributed by atoms with van der Waals surface area (Å²) in [6, 6.07) is 17.3. The molecule has 1 aliphatic heterocycles. The lowest BCUT2D eigenvalue weighted by Crippen LogP contribution is -2.48. The highest BCUT2D eigenvalue weighted by atomic mass is 32.1. The molecule has 4 heterocycles. The van der Waals surface area contributed by atoms with E-state index in [1.54, 1.807) is 18.4 Å². The van der Waals surface area contributed by atoms with Crippen LogP contribution in [0.3, 0.4) is 0 Å². The second-order valence-corrected chi connectivity index (χ2v) is 8.91. The molecule has 0 spiro atoms. The molecule has 170 valence electrons. The van der Waals surface area contributed by atoms with Crippen LogP contribution in [0, 0.1) is 0 Å². The van der Waals surface area contributed by atoms with Gasteiger partial charge in [0.25, 0.3) is 11.8 Å². The Kier molecular flexibility index (Phi) is 5.36. The number of carbonyl (C=O) groups is 1. The van der Waals surface area contributed by atoms with E-state index < -0.39 is 0 Å². The molecule has 2 aromatic carbocycles. The molecule has 0 bridgehead atoms. The highest BCUT2D eigenvalue weighted by Gasteiger charge is 2.23. The predicted octanol–water partition coefficient (Wildman–Crippen LogP) is 3.96. The van der Waals surface area contributed by atoms with Crippen molar-refractivity contribution in [1.29, 1.82) is 0 Å². The van der Waals surface area contributed by atoms with Gasteiger partial charge in [-0.1, -0.05) is 27.8 Å². The van der Waals surface area contributed by atoms with E-state index in [0.717, 1.165) is 41.0 Å². The molecule has 1 fully saturated rings. The molecule has 6 rings (SSSR count). The van der Waals surface area contributed by atoms with Crippen LogP contribution in [0.1, 0.15) is 15.9 Å². The zero-order valence-corrected chi connectivity index (χ0v) is 18.9. The lowest BCUT2D eigenvalue weighted by molar-refractivity contribution is 0.0628. The quantitative estimate of drug-likeness (QED) is 0.379. The zero-order chi connectivity index (χ0) is 22.9. The van der Waals surface area contributed by atoms with Crippen molar-refractivity contribution in [1.82, 2.24) is 29.5 Å². The Morgan fingerprint density at radius 2 is 1.94 bits per heavy atom. The number of hydrogen-bond donors (Lipinski definition) is 0. The largest absolute Gasteiger partial charge is 0.459 e. The fourth-order valence-corrected chi connectivity index (χ4v) is 4.65. The number of fused-ring (bicyclic) bond motifs is 1. The molecule has 0 radical (unpaired) electrons. The van der Waals surface area contributed by atoms with Crippen molar-refractivity contribution in [2.45, 2.75) is 6.54 Å². The Morgan fingerprint density at radius 3 is 2.79 bits per heavy atom. The Morgan fingerprint density at radius 1 is 1.03 bits per heavy atom. The molecule has 0 atom stereocenters. The lowest BCUT2D eigenvalue weighted by atomic mass is 10.1. The van der Waals surface area contributed by atoms with E-state index in [1.165, 1.54) is 11.5 Å². The summed E-state index contributed by atoms with van der Waals surface area (Å²) in [5.74, 6) is 1.47. The average molecular weight is 473 g/mol. The predicted molar refractivity (Wildman–Crippen MR) is 126 cm³/mol. The van der Waals surface area contributed by atoms with E-state index in [4.69, 9.17) is 8.94 Å². The van der Waals surface area contributed by atoms with Crippen molar-refractivity contribution in [2.75, 3.05) is 26.2 Å². The SMILES string of the molecule is O=C(c1ccc2snnc2c1)N1CCN(Cc2cccc(-c3noc(-c4ccco4)n3)c2)CC1. The van der Waals surface area contributed by atoms with Gasteiger partial charge in [-0.2, -0.15) is 4.98 Å². The smallest absolute Gasteiger partial charge is 0.293 e. The number of furan rings is 1. The molecule has 3 aromatic heterocycles. The van der Waals surface area contributed by atoms with Crippen molar-refractivity contribution < 1.29 is 13.7 Å². The number of carbonyl (C=O) groups excluding carboxylic acids is 1. The van der Waals surface area contributed by atoms with E-state index in [0.29, 0.717) is 36.1 Å². The van der Waals surface area contributed by atoms with Crippen LogP contribution in [0.25, 0.3) is 33.3 Å². The highest BCUT2D eigenvalue weighted by molar-refractivity contribution is 7.12. The lowest BCUT2D eigenvalue weighted by Gasteiger charge is -2.34. The van der Waals surface area contributed by atoms with Crippen LogP contribution in [0.5, 0.6) is 0 Å². The van der Waals surface area contributed by atoms with Gasteiger partial charge in [0.15, 0.2) is 5.76 Å². The first-order valence-electron chi connectivity index (χ1n) is 10.9. The second kappa shape index (κ2) is 8.81. The first-order chi connectivity index (χ1) is 16.7. The van der Waals surface area contributed by atoms with Crippen LogP contribution in [0.4, 0.5) is 0 Å². The van der Waals surface area contributed by atoms with Crippen molar-refractivity contribution in [3.8, 4) is 23.0 Å². The van der Waals surface area contributed by atoms with Gasteiger partial charge in [-0.25, -0.2) is 0 Å². The van der Waals surface area contributed by atoms with Gasteiger partial charge in [0.1, 0.15) is 5.52 Å². The van der Waals surface area contributed by atoms with Crippen LogP contribution < -0.4 is 0 Å². The van der Waals surface area contributed by atoms with Gasteiger partial charge in [0, 0.05) is 43.9 Å². The minimum absolute atomic E-state index is 0.0426. The Bertz CT molecular complexity index is 1440. The summed E-state index contributed by atoms with van der Waals surface area (Å²) in [7, 11) is 0. The zero-order valence-electron chi connectivity index (χ0n) is 18.1. The van der Waals surface area contributed by atoms with Gasteiger partial charge in [-0.3, -0.25) is 9.69 Å². The number of piperazine rings is 1. The molecule has 34 heavy (non-hydrogen) atoms. The van der Waals surface area contributed by atoms with E-state index in [9.17, 15) is 4.79 Å². The third-order valence-electron chi connectivity index (χ3n) is 5.90. The molecule has 1 amide bonds. The van der Waals surface area contributed by atoms with E-state index in [2.05, 4.69) is 36.8 Å². The second-order valence-electron chi connectivity index (χ2n) is 8.12. The summed E-state index contributed by atoms with van der Waals surface area (Å²) >= 11 is 1.33. The van der Waals surface area contributed by atoms with E-state index in [1.807, 2.05) is 35.2 Å². The maximum absolute atomic E-state index is 13.0. The molecular weight excluding hydrogens is 452 g/mol. The van der Waals surface area contributed by atoms with Crippen LogP contribution in [-0.4, -0.2) is 61.6 Å². The maximum Gasteiger partial charge on any atom is 0.293 e. The molecule has 1 aliphatic rings. The first kappa shape index (κ1) is 20.7. The maximum atomic E-state index is 13.0. The van der Waals surface area contributed by atoms with Gasteiger partial charge in [-0.15, -0.1) is 5.10 Å². The minimum Gasteiger partial charge on any atom is -0.459 e. The number of hydrogen-bond acceptors (Lipinski definition) is 9. The minimum atomic E-state index is 0.0426. The summed E-state index contributed by atoms with van der Waals surface area (Å²) in [5.41, 5.74) is 3.48. The number of nitrogens with zero attached hydrogens (tertiary/aromatic N) is 6. The van der Waals surface area contributed by atoms with Crippen LogP contribution >= 0.6 is 11.5 Å².